The summed E-state index contributed by atoms with van der Waals surface area (Å²) < 4.78 is 11.5. The monoisotopic (exact) mass is 822 g/mol. The average Bonchev–Trinajstić information content (AvgIpc) is 4.03. The molecule has 0 atom stereocenters. The molecular weight excluding hydrogens is 789 g/mol. The van der Waals surface area contributed by atoms with Crippen LogP contribution in [0.2, 0.25) is 0 Å². The van der Waals surface area contributed by atoms with Crippen LogP contribution < -0.4 is 0 Å². The maximum absolute atomic E-state index is 6.54. The van der Waals surface area contributed by atoms with Crippen molar-refractivity contribution in [2.45, 2.75) is 0 Å². The van der Waals surface area contributed by atoms with E-state index < -0.39 is 0 Å². The molecule has 0 saturated heterocycles. The lowest BCUT2D eigenvalue weighted by atomic mass is 9.98. The number of thiophene rings is 1. The second-order valence-corrected chi connectivity index (χ2v) is 17.1. The normalized spacial score (nSPS) is 11.8. The van der Waals surface area contributed by atoms with Crippen molar-refractivity contribution in [3.8, 4) is 62.1 Å². The topological polar surface area (TPSA) is 56.7 Å². The number of hydrogen-bond acceptors (Lipinski definition) is 5. The summed E-state index contributed by atoms with van der Waals surface area (Å²) in [5.41, 5.74) is 12.4. The maximum Gasteiger partial charge on any atom is 0.164 e. The van der Waals surface area contributed by atoms with Crippen LogP contribution in [0.1, 0.15) is 0 Å². The molecule has 0 fully saturated rings. The number of rotatable bonds is 6. The Morgan fingerprint density at radius 3 is 1.57 bits per heavy atom. The van der Waals surface area contributed by atoms with Gasteiger partial charge >= 0.3 is 0 Å². The molecule has 4 aromatic heterocycles. The first-order valence-corrected chi connectivity index (χ1v) is 21.9. The second kappa shape index (κ2) is 14.2. The highest BCUT2D eigenvalue weighted by atomic mass is 32.1. The van der Waals surface area contributed by atoms with Crippen molar-refractivity contribution in [3.63, 3.8) is 0 Å². The summed E-state index contributed by atoms with van der Waals surface area (Å²) in [5, 5.41) is 7.01. The average molecular weight is 823 g/mol. The molecule has 6 heteroatoms. The fourth-order valence-electron chi connectivity index (χ4n) is 9.26. The number of aromatic nitrogens is 4. The molecule has 4 heterocycles. The van der Waals surface area contributed by atoms with Gasteiger partial charge in [0, 0.05) is 64.1 Å². The van der Waals surface area contributed by atoms with Crippen molar-refractivity contribution in [1.82, 2.24) is 19.5 Å². The Bertz CT molecular complexity index is 3850. The Morgan fingerprint density at radius 2 is 0.889 bits per heavy atom. The first-order valence-electron chi connectivity index (χ1n) is 21.1. The molecule has 0 aliphatic rings. The maximum atomic E-state index is 6.54. The SMILES string of the molecule is c1ccc(-c2nc(-c3ccccc3)nc(-c3cccc4oc5ccc(-c6ccc7c(c6)c6cc(-c8ccc9c(c8)sc8ccccc89)ccc6n7-c6ccccc6)cc5c34)n2)cc1. The van der Waals surface area contributed by atoms with Crippen LogP contribution in [-0.2, 0) is 0 Å². The van der Waals surface area contributed by atoms with Crippen LogP contribution in [0.4, 0.5) is 0 Å². The minimum atomic E-state index is 0.596. The largest absolute Gasteiger partial charge is 0.456 e. The van der Waals surface area contributed by atoms with E-state index in [2.05, 4.69) is 138 Å². The molecule has 0 aliphatic carbocycles. The van der Waals surface area contributed by atoms with E-state index in [0.29, 0.717) is 17.5 Å². The molecule has 63 heavy (non-hydrogen) atoms. The summed E-state index contributed by atoms with van der Waals surface area (Å²) in [6.07, 6.45) is 0. The highest BCUT2D eigenvalue weighted by Gasteiger charge is 2.20. The van der Waals surface area contributed by atoms with E-state index >= 15 is 0 Å². The standard InChI is InChI=1S/C57H34N4OS/c1-4-13-35(14-5-1)55-58-56(36-15-6-2-7-16-36)60-57(59-55)44-20-12-21-51-54(44)47-33-39(26-30-50(47)62-51)37-24-28-48-45(31-37)46-32-38(25-29-49(46)61(48)41-17-8-3-9-18-41)40-23-27-43-42-19-10-11-22-52(42)63-53(43)34-40/h1-34H. The molecule has 0 unspecified atom stereocenters. The van der Waals surface area contributed by atoms with E-state index in [1.54, 1.807) is 0 Å². The molecule has 0 amide bonds. The lowest BCUT2D eigenvalue weighted by Gasteiger charge is -2.09. The van der Waals surface area contributed by atoms with Gasteiger partial charge in [0.2, 0.25) is 0 Å². The molecule has 5 nitrogen and oxygen atoms in total. The fraction of sp³-hybridized carbons (Fsp3) is 0. The minimum Gasteiger partial charge on any atom is -0.456 e. The molecule has 13 aromatic rings. The molecule has 0 bridgehead atoms. The lowest BCUT2D eigenvalue weighted by Crippen LogP contribution is -2.00. The Morgan fingerprint density at radius 1 is 0.349 bits per heavy atom. The number of benzene rings is 9. The van der Waals surface area contributed by atoms with Crippen molar-refractivity contribution in [2.75, 3.05) is 0 Å². The smallest absolute Gasteiger partial charge is 0.164 e. The van der Waals surface area contributed by atoms with Gasteiger partial charge in [0.15, 0.2) is 17.5 Å². The summed E-state index contributed by atoms with van der Waals surface area (Å²) in [7, 11) is 0. The molecule has 13 rings (SSSR count). The quantitative estimate of drug-likeness (QED) is 0.168. The number of furan rings is 1. The van der Waals surface area contributed by atoms with Gasteiger partial charge in [0.05, 0.1) is 11.0 Å². The van der Waals surface area contributed by atoms with Gasteiger partial charge in [-0.05, 0) is 89.0 Å². The van der Waals surface area contributed by atoms with Crippen LogP contribution in [0.5, 0.6) is 0 Å². The molecule has 294 valence electrons. The van der Waals surface area contributed by atoms with E-state index in [0.717, 1.165) is 61.0 Å². The molecular formula is C57H34N4OS. The van der Waals surface area contributed by atoms with Gasteiger partial charge < -0.3 is 8.98 Å². The summed E-state index contributed by atoms with van der Waals surface area (Å²) in [6, 6.07) is 72.9. The molecule has 0 radical (unpaired) electrons. The van der Waals surface area contributed by atoms with E-state index in [-0.39, 0.29) is 0 Å². The van der Waals surface area contributed by atoms with Crippen LogP contribution in [0.3, 0.4) is 0 Å². The zero-order valence-corrected chi connectivity index (χ0v) is 34.6. The van der Waals surface area contributed by atoms with Gasteiger partial charge in [0.25, 0.3) is 0 Å². The predicted octanol–water partition coefficient (Wildman–Crippen LogP) is 15.6. The molecule has 0 saturated carbocycles. The van der Waals surface area contributed by atoms with Gasteiger partial charge in [-0.25, -0.2) is 15.0 Å². The zero-order valence-electron chi connectivity index (χ0n) is 33.7. The zero-order chi connectivity index (χ0) is 41.4. The van der Waals surface area contributed by atoms with Gasteiger partial charge in [-0.3, -0.25) is 0 Å². The Balaban J connectivity index is 0.979. The lowest BCUT2D eigenvalue weighted by molar-refractivity contribution is 0.669. The first kappa shape index (κ1) is 35.6. The first-order chi connectivity index (χ1) is 31.2. The van der Waals surface area contributed by atoms with Gasteiger partial charge in [-0.2, -0.15) is 0 Å². The highest BCUT2D eigenvalue weighted by molar-refractivity contribution is 7.25. The number of nitrogens with zero attached hydrogens (tertiary/aromatic N) is 4. The predicted molar refractivity (Wildman–Crippen MR) is 262 cm³/mol. The van der Waals surface area contributed by atoms with E-state index in [1.165, 1.54) is 47.6 Å². The van der Waals surface area contributed by atoms with Gasteiger partial charge in [-0.1, -0.05) is 140 Å². The van der Waals surface area contributed by atoms with Crippen molar-refractivity contribution < 1.29 is 4.42 Å². The highest BCUT2D eigenvalue weighted by Crippen LogP contribution is 2.42. The van der Waals surface area contributed by atoms with E-state index in [4.69, 9.17) is 19.4 Å². The van der Waals surface area contributed by atoms with Crippen LogP contribution in [0, 0.1) is 0 Å². The van der Waals surface area contributed by atoms with Crippen molar-refractivity contribution in [2.24, 2.45) is 0 Å². The van der Waals surface area contributed by atoms with Crippen LogP contribution >= 0.6 is 11.3 Å². The van der Waals surface area contributed by atoms with Crippen molar-refractivity contribution in [1.29, 1.82) is 0 Å². The third-order valence-corrected chi connectivity index (χ3v) is 13.4. The second-order valence-electron chi connectivity index (χ2n) is 16.0. The minimum absolute atomic E-state index is 0.596. The molecule has 9 aromatic carbocycles. The Labute approximate surface area is 365 Å². The Hall–Kier alpha value is -8.19. The summed E-state index contributed by atoms with van der Waals surface area (Å²) >= 11 is 1.86. The summed E-state index contributed by atoms with van der Waals surface area (Å²) in [6.45, 7) is 0. The van der Waals surface area contributed by atoms with E-state index in [9.17, 15) is 0 Å². The van der Waals surface area contributed by atoms with Gasteiger partial charge in [0.1, 0.15) is 11.2 Å². The fourth-order valence-corrected chi connectivity index (χ4v) is 10.4. The van der Waals surface area contributed by atoms with Gasteiger partial charge in [-0.15, -0.1) is 11.3 Å². The van der Waals surface area contributed by atoms with Crippen LogP contribution in [0.15, 0.2) is 211 Å². The van der Waals surface area contributed by atoms with E-state index in [1.807, 2.05) is 84.1 Å². The van der Waals surface area contributed by atoms with Crippen LogP contribution in [-0.4, -0.2) is 19.5 Å². The van der Waals surface area contributed by atoms with Crippen LogP contribution in [0.25, 0.3) is 126 Å². The molecule has 0 aliphatic heterocycles. The third-order valence-electron chi connectivity index (χ3n) is 12.3. The number of fused-ring (bicyclic) bond motifs is 9. The van der Waals surface area contributed by atoms with Crippen molar-refractivity contribution >= 4 is 75.3 Å². The Kier molecular flexibility index (Phi) is 8.01. The summed E-state index contributed by atoms with van der Waals surface area (Å²) in [4.78, 5) is 15.1. The summed E-state index contributed by atoms with van der Waals surface area (Å²) in [5.74, 6) is 1.84. The molecule has 0 spiro atoms. The number of para-hydroxylation sites is 1. The van der Waals surface area contributed by atoms with Crippen molar-refractivity contribution in [3.05, 3.63) is 206 Å². The number of hydrogen-bond donors (Lipinski definition) is 0. The molecule has 0 N–H and O–H groups in total. The third kappa shape index (κ3) is 5.87.